The highest BCUT2D eigenvalue weighted by molar-refractivity contribution is 5.99. The average molecular weight is 399 g/mol. The van der Waals surface area contributed by atoms with Gasteiger partial charge in [0.25, 0.3) is 5.91 Å². The summed E-state index contributed by atoms with van der Waals surface area (Å²) in [6.45, 7) is 16.7. The molecule has 6 nitrogen and oxygen atoms in total. The van der Waals surface area contributed by atoms with E-state index in [1.54, 1.807) is 17.0 Å². The van der Waals surface area contributed by atoms with Gasteiger partial charge >= 0.3 is 0 Å². The number of nitrogens with zero attached hydrogens (tertiary/aromatic N) is 3. The zero-order valence-corrected chi connectivity index (χ0v) is 19.0. The Kier molecular flexibility index (Phi) is 6.56. The molecule has 29 heavy (non-hydrogen) atoms. The van der Waals surface area contributed by atoms with Gasteiger partial charge < -0.3 is 10.2 Å². The molecule has 0 atom stereocenters. The highest BCUT2D eigenvalue weighted by Gasteiger charge is 2.26. The average Bonchev–Trinajstić information content (AvgIpc) is 3.04. The maximum atomic E-state index is 12.8. The van der Waals surface area contributed by atoms with Gasteiger partial charge in [-0.1, -0.05) is 38.5 Å². The second-order valence-corrected chi connectivity index (χ2v) is 9.48. The quantitative estimate of drug-likeness (QED) is 0.814. The Balaban J connectivity index is 2.19. The Morgan fingerprint density at radius 2 is 1.66 bits per heavy atom. The maximum Gasteiger partial charge on any atom is 0.254 e. The minimum absolute atomic E-state index is 0.0105. The lowest BCUT2D eigenvalue weighted by Gasteiger charge is -2.24. The number of likely N-dealkylation sites (N-methyl/N-ethyl adjacent to an activating group) is 1. The van der Waals surface area contributed by atoms with Crippen LogP contribution >= 0.6 is 0 Å². The largest absolute Gasteiger partial charge is 0.330 e. The molecule has 1 heterocycles. The number of aryl methyl sites for hydroxylation is 1. The molecule has 0 saturated heterocycles. The number of carbonyl (C=O) groups excluding carboxylic acids is 2. The third kappa shape index (κ3) is 5.68. The van der Waals surface area contributed by atoms with E-state index in [-0.39, 0.29) is 29.3 Å². The first kappa shape index (κ1) is 22.7. The number of rotatable bonds is 5. The van der Waals surface area contributed by atoms with Crippen LogP contribution in [0.3, 0.4) is 0 Å². The first-order valence-electron chi connectivity index (χ1n) is 10.1. The van der Waals surface area contributed by atoms with Crippen molar-refractivity contribution in [2.75, 3.05) is 18.4 Å². The van der Waals surface area contributed by atoms with E-state index in [2.05, 4.69) is 26.1 Å². The van der Waals surface area contributed by atoms with Crippen LogP contribution in [0.4, 0.5) is 5.82 Å². The van der Waals surface area contributed by atoms with Gasteiger partial charge in [-0.15, -0.1) is 0 Å². The minimum Gasteiger partial charge on any atom is -0.330 e. The summed E-state index contributed by atoms with van der Waals surface area (Å²) >= 11 is 0. The molecule has 158 valence electrons. The molecule has 0 fully saturated rings. The first-order valence-corrected chi connectivity index (χ1v) is 10.1. The molecule has 1 aromatic carbocycles. The molecule has 2 rings (SSSR count). The van der Waals surface area contributed by atoms with Gasteiger partial charge in [0.1, 0.15) is 12.4 Å². The van der Waals surface area contributed by atoms with Gasteiger partial charge in [-0.25, -0.2) is 4.68 Å². The van der Waals surface area contributed by atoms with Crippen LogP contribution < -0.4 is 5.32 Å². The molecule has 1 N–H and O–H groups in total. The normalized spacial score (nSPS) is 12.0. The van der Waals surface area contributed by atoms with Crippen molar-refractivity contribution in [1.82, 2.24) is 14.7 Å². The molecule has 2 aromatic rings. The molecule has 0 unspecified atom stereocenters. The van der Waals surface area contributed by atoms with Gasteiger partial charge in [0, 0.05) is 23.6 Å². The molecule has 1 aromatic heterocycles. The number of hydrogen-bond acceptors (Lipinski definition) is 3. The van der Waals surface area contributed by atoms with Crippen LogP contribution in [-0.2, 0) is 15.7 Å². The van der Waals surface area contributed by atoms with Crippen LogP contribution in [0.1, 0.15) is 70.1 Å². The fourth-order valence-corrected chi connectivity index (χ4v) is 2.91. The van der Waals surface area contributed by atoms with Crippen LogP contribution in [0.2, 0.25) is 0 Å². The van der Waals surface area contributed by atoms with Crippen LogP contribution in [0.5, 0.6) is 0 Å². The van der Waals surface area contributed by atoms with E-state index in [0.29, 0.717) is 17.9 Å². The summed E-state index contributed by atoms with van der Waals surface area (Å²) in [6.07, 6.45) is 0. The highest BCUT2D eigenvalue weighted by atomic mass is 16.2. The van der Waals surface area contributed by atoms with Crippen molar-refractivity contribution in [3.8, 4) is 0 Å². The van der Waals surface area contributed by atoms with Crippen LogP contribution in [0.15, 0.2) is 30.3 Å². The predicted octanol–water partition coefficient (Wildman–Crippen LogP) is 4.34. The Morgan fingerprint density at radius 3 is 2.14 bits per heavy atom. The van der Waals surface area contributed by atoms with Crippen molar-refractivity contribution in [1.29, 1.82) is 0 Å². The smallest absolute Gasteiger partial charge is 0.254 e. The first-order chi connectivity index (χ1) is 13.3. The Hall–Kier alpha value is -2.63. The van der Waals surface area contributed by atoms with Crippen LogP contribution in [-0.4, -0.2) is 39.6 Å². The van der Waals surface area contributed by atoms with Gasteiger partial charge in [0.15, 0.2) is 0 Å². The maximum absolute atomic E-state index is 12.8. The minimum atomic E-state index is -0.283. The van der Waals surface area contributed by atoms with Crippen molar-refractivity contribution in [2.45, 2.75) is 66.3 Å². The summed E-state index contributed by atoms with van der Waals surface area (Å²) in [5.74, 6) is 0.256. The molecular weight excluding hydrogens is 364 g/mol. The Morgan fingerprint density at radius 1 is 1.07 bits per heavy atom. The van der Waals surface area contributed by atoms with Gasteiger partial charge in [0.05, 0.1) is 11.2 Å². The lowest BCUT2D eigenvalue weighted by Crippen LogP contribution is -2.38. The van der Waals surface area contributed by atoms with E-state index < -0.39 is 0 Å². The molecule has 0 aliphatic heterocycles. The number of aromatic nitrogens is 2. The Labute approximate surface area is 174 Å². The van der Waals surface area contributed by atoms with Crippen molar-refractivity contribution in [3.05, 3.63) is 47.2 Å². The monoisotopic (exact) mass is 398 g/mol. The number of hydrogen-bond donors (Lipinski definition) is 1. The molecule has 2 amide bonds. The fraction of sp³-hybridized carbons (Fsp3) is 0.522. The summed E-state index contributed by atoms with van der Waals surface area (Å²) in [5, 5.41) is 7.67. The number of amides is 2. The SMILES string of the molecule is CCN(CC(=O)Nc1cc(C(C)(C)C)nn1C(C)(C)C)C(=O)c1ccc(C)cc1. The van der Waals surface area contributed by atoms with Gasteiger partial charge in [-0.2, -0.15) is 5.10 Å². The molecule has 0 saturated carbocycles. The highest BCUT2D eigenvalue weighted by Crippen LogP contribution is 2.28. The number of carbonyl (C=O) groups is 2. The number of benzene rings is 1. The van der Waals surface area contributed by atoms with E-state index in [4.69, 9.17) is 5.10 Å². The van der Waals surface area contributed by atoms with Crippen molar-refractivity contribution >= 4 is 17.6 Å². The lowest BCUT2D eigenvalue weighted by molar-refractivity contribution is -0.116. The van der Waals surface area contributed by atoms with Crippen molar-refractivity contribution < 1.29 is 9.59 Å². The third-order valence-corrected chi connectivity index (χ3v) is 4.68. The zero-order valence-electron chi connectivity index (χ0n) is 19.0. The Bertz CT molecular complexity index is 868. The van der Waals surface area contributed by atoms with E-state index in [1.165, 1.54) is 0 Å². The van der Waals surface area contributed by atoms with Gasteiger partial charge in [-0.3, -0.25) is 9.59 Å². The summed E-state index contributed by atoms with van der Waals surface area (Å²) in [6, 6.07) is 9.31. The summed E-state index contributed by atoms with van der Waals surface area (Å²) in [7, 11) is 0. The number of anilines is 1. The molecular formula is C23H34N4O2. The fourth-order valence-electron chi connectivity index (χ4n) is 2.91. The predicted molar refractivity (Wildman–Crippen MR) is 117 cm³/mol. The molecule has 0 aliphatic rings. The molecule has 0 aliphatic carbocycles. The van der Waals surface area contributed by atoms with Gasteiger partial charge in [0.2, 0.25) is 5.91 Å². The molecule has 6 heteroatoms. The standard InChI is InChI=1S/C23H34N4O2/c1-9-26(21(29)17-12-10-16(2)11-13-17)15-20(28)24-19-14-18(22(3,4)5)25-27(19)23(6,7)8/h10-14H,9,15H2,1-8H3,(H,24,28). The van der Waals surface area contributed by atoms with Crippen molar-refractivity contribution in [2.24, 2.45) is 0 Å². The van der Waals surface area contributed by atoms with E-state index >= 15 is 0 Å². The molecule has 0 bridgehead atoms. The van der Waals surface area contributed by atoms with E-state index in [0.717, 1.165) is 11.3 Å². The summed E-state index contributed by atoms with van der Waals surface area (Å²) in [5.41, 5.74) is 2.17. The van der Waals surface area contributed by atoms with Gasteiger partial charge in [-0.05, 0) is 46.8 Å². The summed E-state index contributed by atoms with van der Waals surface area (Å²) < 4.78 is 1.84. The topological polar surface area (TPSA) is 67.2 Å². The van der Waals surface area contributed by atoms with Crippen LogP contribution in [0.25, 0.3) is 0 Å². The second kappa shape index (κ2) is 8.39. The van der Waals surface area contributed by atoms with E-state index in [1.807, 2.05) is 57.5 Å². The summed E-state index contributed by atoms with van der Waals surface area (Å²) in [4.78, 5) is 27.1. The number of nitrogens with one attached hydrogen (secondary N) is 1. The van der Waals surface area contributed by atoms with E-state index in [9.17, 15) is 9.59 Å². The van der Waals surface area contributed by atoms with Crippen molar-refractivity contribution in [3.63, 3.8) is 0 Å². The zero-order chi connectivity index (χ0) is 22.0. The van der Waals surface area contributed by atoms with Crippen LogP contribution in [0, 0.1) is 6.92 Å². The third-order valence-electron chi connectivity index (χ3n) is 4.68. The molecule has 0 radical (unpaired) electrons. The lowest BCUT2D eigenvalue weighted by atomic mass is 9.92. The second-order valence-electron chi connectivity index (χ2n) is 9.48. The molecule has 0 spiro atoms.